The zero-order chi connectivity index (χ0) is 15.3. The normalized spacial score (nSPS) is 17.4. The largest absolute Gasteiger partial charge is 0.392 e. The Hall–Kier alpha value is -0.570. The second-order valence-electron chi connectivity index (χ2n) is 6.42. The van der Waals surface area contributed by atoms with Gasteiger partial charge in [-0.3, -0.25) is 4.99 Å². The second kappa shape index (κ2) is 12.0. The second-order valence-corrected chi connectivity index (χ2v) is 6.42. The lowest BCUT2D eigenvalue weighted by atomic mass is 9.91. The Labute approximate surface area is 131 Å². The maximum Gasteiger partial charge on any atom is 0.102 e. The Bertz CT molecular complexity index is 278. The maximum absolute atomic E-state index is 10.3. The predicted octanol–water partition coefficient (Wildman–Crippen LogP) is 4.30. The molecular formula is C18H36N2O. The van der Waals surface area contributed by atoms with Crippen molar-refractivity contribution < 1.29 is 5.11 Å². The molecule has 0 bridgehead atoms. The van der Waals surface area contributed by atoms with E-state index in [2.05, 4.69) is 24.2 Å². The molecule has 2 N–H and O–H groups in total. The Morgan fingerprint density at radius 2 is 1.62 bits per heavy atom. The third-order valence-corrected chi connectivity index (χ3v) is 4.47. The molecule has 3 nitrogen and oxygen atoms in total. The van der Waals surface area contributed by atoms with Gasteiger partial charge in [0.25, 0.3) is 0 Å². The SMILES string of the molecule is CCCCCCCCCCC(C1=NCCN1)C(O)CCC. The summed E-state index contributed by atoms with van der Waals surface area (Å²) in [5.74, 6) is 1.31. The van der Waals surface area contributed by atoms with Gasteiger partial charge in [-0.1, -0.05) is 71.6 Å². The van der Waals surface area contributed by atoms with Crippen LogP contribution in [0.4, 0.5) is 0 Å². The summed E-state index contributed by atoms with van der Waals surface area (Å²) in [6.07, 6.45) is 13.6. The van der Waals surface area contributed by atoms with Gasteiger partial charge in [-0.15, -0.1) is 0 Å². The summed E-state index contributed by atoms with van der Waals surface area (Å²) in [5, 5.41) is 13.7. The van der Waals surface area contributed by atoms with Crippen LogP contribution < -0.4 is 5.32 Å². The minimum Gasteiger partial charge on any atom is -0.392 e. The van der Waals surface area contributed by atoms with Crippen molar-refractivity contribution in [2.45, 2.75) is 90.6 Å². The quantitative estimate of drug-likeness (QED) is 0.498. The van der Waals surface area contributed by atoms with E-state index in [-0.39, 0.29) is 12.0 Å². The highest BCUT2D eigenvalue weighted by atomic mass is 16.3. The summed E-state index contributed by atoms with van der Waals surface area (Å²) in [7, 11) is 0. The highest BCUT2D eigenvalue weighted by Crippen LogP contribution is 2.20. The van der Waals surface area contributed by atoms with E-state index in [1.165, 1.54) is 51.4 Å². The average Bonchev–Trinajstić information content (AvgIpc) is 3.00. The molecule has 0 aromatic heterocycles. The Morgan fingerprint density at radius 1 is 0.952 bits per heavy atom. The van der Waals surface area contributed by atoms with Crippen LogP contribution in [-0.2, 0) is 0 Å². The van der Waals surface area contributed by atoms with Crippen LogP contribution in [0.25, 0.3) is 0 Å². The molecule has 3 heteroatoms. The fraction of sp³-hybridized carbons (Fsp3) is 0.944. The van der Waals surface area contributed by atoms with Gasteiger partial charge in [-0.2, -0.15) is 0 Å². The molecular weight excluding hydrogens is 260 g/mol. The summed E-state index contributed by atoms with van der Waals surface area (Å²) < 4.78 is 0. The number of nitrogens with one attached hydrogen (secondary N) is 1. The molecule has 1 heterocycles. The van der Waals surface area contributed by atoms with Crippen LogP contribution in [0.15, 0.2) is 4.99 Å². The van der Waals surface area contributed by atoms with E-state index >= 15 is 0 Å². The van der Waals surface area contributed by atoms with Crippen molar-refractivity contribution in [3.63, 3.8) is 0 Å². The minimum absolute atomic E-state index is 0.219. The van der Waals surface area contributed by atoms with Gasteiger partial charge in [0.05, 0.1) is 12.6 Å². The third-order valence-electron chi connectivity index (χ3n) is 4.47. The lowest BCUT2D eigenvalue weighted by Gasteiger charge is -2.23. The Balaban J connectivity index is 2.17. The molecule has 1 aliphatic rings. The topological polar surface area (TPSA) is 44.6 Å². The first kappa shape index (κ1) is 18.5. The standard InChI is InChI=1S/C18H36N2O/c1-3-5-6-7-8-9-10-11-13-16(17(21)12-4-2)18-19-14-15-20-18/h16-17,21H,3-15H2,1-2H3,(H,19,20). The molecule has 0 saturated heterocycles. The molecule has 0 radical (unpaired) electrons. The molecule has 2 atom stereocenters. The number of hydrogen-bond donors (Lipinski definition) is 2. The monoisotopic (exact) mass is 296 g/mol. The molecule has 1 rings (SSSR count). The van der Waals surface area contributed by atoms with Gasteiger partial charge < -0.3 is 10.4 Å². The van der Waals surface area contributed by atoms with Gasteiger partial charge in [0, 0.05) is 12.5 Å². The first-order valence-corrected chi connectivity index (χ1v) is 9.25. The number of rotatable bonds is 13. The lowest BCUT2D eigenvalue weighted by Crippen LogP contribution is -2.35. The van der Waals surface area contributed by atoms with E-state index in [0.717, 1.165) is 38.2 Å². The fourth-order valence-corrected chi connectivity index (χ4v) is 3.17. The molecule has 2 unspecified atom stereocenters. The first-order valence-electron chi connectivity index (χ1n) is 9.25. The summed E-state index contributed by atoms with van der Waals surface area (Å²) >= 11 is 0. The molecule has 21 heavy (non-hydrogen) atoms. The number of aliphatic hydroxyl groups is 1. The van der Waals surface area contributed by atoms with Crippen molar-refractivity contribution in [1.82, 2.24) is 5.32 Å². The van der Waals surface area contributed by atoms with Crippen molar-refractivity contribution in [2.75, 3.05) is 13.1 Å². The molecule has 0 aromatic rings. The van der Waals surface area contributed by atoms with Crippen molar-refractivity contribution >= 4 is 5.84 Å². The average molecular weight is 296 g/mol. The van der Waals surface area contributed by atoms with E-state index in [4.69, 9.17) is 0 Å². The number of aliphatic imine (C=N–C) groups is 1. The fourth-order valence-electron chi connectivity index (χ4n) is 3.17. The predicted molar refractivity (Wildman–Crippen MR) is 91.9 cm³/mol. The van der Waals surface area contributed by atoms with Gasteiger partial charge in [-0.05, 0) is 12.8 Å². The van der Waals surface area contributed by atoms with Gasteiger partial charge in [0.1, 0.15) is 5.84 Å². The molecule has 0 fully saturated rings. The highest BCUT2D eigenvalue weighted by molar-refractivity contribution is 5.86. The van der Waals surface area contributed by atoms with Crippen molar-refractivity contribution in [2.24, 2.45) is 10.9 Å². The van der Waals surface area contributed by atoms with Gasteiger partial charge in [-0.25, -0.2) is 0 Å². The molecule has 0 amide bonds. The molecule has 0 spiro atoms. The summed E-state index contributed by atoms with van der Waals surface area (Å²) in [5.41, 5.74) is 0. The van der Waals surface area contributed by atoms with Crippen LogP contribution >= 0.6 is 0 Å². The van der Waals surface area contributed by atoms with E-state index in [1.807, 2.05) is 0 Å². The molecule has 124 valence electrons. The minimum atomic E-state index is -0.219. The summed E-state index contributed by atoms with van der Waals surface area (Å²) in [6, 6.07) is 0. The van der Waals surface area contributed by atoms with E-state index in [1.54, 1.807) is 0 Å². The number of aliphatic hydroxyl groups excluding tert-OH is 1. The number of hydrogen-bond acceptors (Lipinski definition) is 3. The maximum atomic E-state index is 10.3. The Kier molecular flexibility index (Phi) is 10.6. The summed E-state index contributed by atoms with van der Waals surface area (Å²) in [4.78, 5) is 4.53. The van der Waals surface area contributed by atoms with Gasteiger partial charge >= 0.3 is 0 Å². The van der Waals surface area contributed by atoms with E-state index in [9.17, 15) is 5.11 Å². The van der Waals surface area contributed by atoms with Gasteiger partial charge in [0.2, 0.25) is 0 Å². The molecule has 0 aromatic carbocycles. The van der Waals surface area contributed by atoms with Crippen molar-refractivity contribution in [1.29, 1.82) is 0 Å². The van der Waals surface area contributed by atoms with E-state index < -0.39 is 0 Å². The molecule has 0 aliphatic carbocycles. The van der Waals surface area contributed by atoms with Crippen molar-refractivity contribution in [3.05, 3.63) is 0 Å². The first-order chi connectivity index (χ1) is 10.3. The van der Waals surface area contributed by atoms with Crippen LogP contribution in [0.3, 0.4) is 0 Å². The zero-order valence-electron chi connectivity index (χ0n) is 14.2. The third kappa shape index (κ3) is 7.85. The molecule has 1 aliphatic heterocycles. The van der Waals surface area contributed by atoms with E-state index in [0.29, 0.717) is 0 Å². The van der Waals surface area contributed by atoms with Crippen LogP contribution in [0, 0.1) is 5.92 Å². The van der Waals surface area contributed by atoms with Gasteiger partial charge in [0.15, 0.2) is 0 Å². The zero-order valence-corrected chi connectivity index (χ0v) is 14.2. The molecule has 0 saturated carbocycles. The van der Waals surface area contributed by atoms with Crippen LogP contribution in [0.5, 0.6) is 0 Å². The Morgan fingerprint density at radius 3 is 2.19 bits per heavy atom. The van der Waals surface area contributed by atoms with Crippen molar-refractivity contribution in [3.8, 4) is 0 Å². The number of nitrogens with zero attached hydrogens (tertiary/aromatic N) is 1. The van der Waals surface area contributed by atoms with Crippen LogP contribution in [0.2, 0.25) is 0 Å². The van der Waals surface area contributed by atoms with Crippen LogP contribution in [-0.4, -0.2) is 30.1 Å². The number of amidine groups is 1. The van der Waals surface area contributed by atoms with Crippen LogP contribution in [0.1, 0.15) is 84.5 Å². The number of unbranched alkanes of at least 4 members (excludes halogenated alkanes) is 7. The highest BCUT2D eigenvalue weighted by Gasteiger charge is 2.25. The lowest BCUT2D eigenvalue weighted by molar-refractivity contribution is 0.121. The summed E-state index contributed by atoms with van der Waals surface area (Å²) in [6.45, 7) is 6.23. The smallest absolute Gasteiger partial charge is 0.102 e.